The lowest BCUT2D eigenvalue weighted by molar-refractivity contribution is 0.378. The van der Waals surface area contributed by atoms with Crippen LogP contribution in [0.15, 0.2) is 0 Å². The molecule has 0 heterocycles. The van der Waals surface area contributed by atoms with Gasteiger partial charge in [-0.2, -0.15) is 92.6 Å². The van der Waals surface area contributed by atoms with Crippen molar-refractivity contribution in [3.8, 4) is 0 Å². The Morgan fingerprint density at radius 1 is 0.109 bits per heavy atom. The average molecular weight is 1080 g/mol. The van der Waals surface area contributed by atoms with Gasteiger partial charge in [0.2, 0.25) is 0 Å². The Bertz CT molecular complexity index is 1530. The predicted molar refractivity (Wildman–Crippen MR) is 156 cm³/mol. The van der Waals surface area contributed by atoms with Gasteiger partial charge in [-0.1, -0.05) is 0 Å². The zero-order valence-electron chi connectivity index (χ0n) is 23.3. The third-order valence-electron chi connectivity index (χ3n) is 0. The molecule has 0 bridgehead atoms. The van der Waals surface area contributed by atoms with Crippen molar-refractivity contribution in [2.45, 2.75) is 0 Å². The first-order chi connectivity index (χ1) is 22.0. The lowest BCUT2D eigenvalue weighted by atomic mass is 15.8. The maximum absolute atomic E-state index is 8.74. The van der Waals surface area contributed by atoms with Crippen molar-refractivity contribution in [1.82, 2.24) is 0 Å². The fraction of sp³-hybridized carbons (Fsp3) is 0. The Labute approximate surface area is 305 Å². The van der Waals surface area contributed by atoms with Crippen LogP contribution in [-0.4, -0.2) is 193 Å². The summed E-state index contributed by atoms with van der Waals surface area (Å²) in [6.07, 6.45) is 0. The van der Waals surface area contributed by atoms with E-state index in [4.69, 9.17) is 193 Å². The molecule has 0 aliphatic heterocycles. The molecule has 0 aliphatic rings. The van der Waals surface area contributed by atoms with E-state index in [9.17, 15) is 0 Å². The monoisotopic (exact) mass is 1080 g/mol. The minimum Gasteiger partial charge on any atom is -0.264 e. The molecule has 0 aromatic heterocycles. The minimum absolute atomic E-state index is 4.67. The quantitative estimate of drug-likeness (QED) is 0.100. The molecule has 352 valence electrons. The molecular formula is H22O44S11. The van der Waals surface area contributed by atoms with Gasteiger partial charge in [-0.05, 0) is 0 Å². The third-order valence-corrected chi connectivity index (χ3v) is 0. The summed E-state index contributed by atoms with van der Waals surface area (Å²) in [5.74, 6) is 0. The largest absolute Gasteiger partial charge is 0.394 e. The van der Waals surface area contributed by atoms with Gasteiger partial charge in [0.1, 0.15) is 0 Å². The second-order valence-corrected chi connectivity index (χ2v) is 14.8. The van der Waals surface area contributed by atoms with Gasteiger partial charge in [0.25, 0.3) is 0 Å². The van der Waals surface area contributed by atoms with E-state index in [1.54, 1.807) is 0 Å². The van der Waals surface area contributed by atoms with E-state index >= 15 is 0 Å². The van der Waals surface area contributed by atoms with E-state index in [2.05, 4.69) is 0 Å². The molecule has 0 atom stereocenters. The van der Waals surface area contributed by atoms with Crippen molar-refractivity contribution in [2.75, 3.05) is 0 Å². The van der Waals surface area contributed by atoms with Crippen LogP contribution in [0.25, 0.3) is 0 Å². The molecule has 0 spiro atoms. The van der Waals surface area contributed by atoms with Gasteiger partial charge in [0, 0.05) is 0 Å². The first kappa shape index (κ1) is 81.7. The van der Waals surface area contributed by atoms with Crippen molar-refractivity contribution < 1.29 is 193 Å². The lowest BCUT2D eigenvalue weighted by Gasteiger charge is -1.68. The van der Waals surface area contributed by atoms with Gasteiger partial charge in [-0.3, -0.25) is 100 Å². The van der Waals surface area contributed by atoms with Crippen molar-refractivity contribution >= 4 is 114 Å². The summed E-state index contributed by atoms with van der Waals surface area (Å²) in [6.45, 7) is 0. The van der Waals surface area contributed by atoms with Gasteiger partial charge in [0.05, 0.1) is 0 Å². The van der Waals surface area contributed by atoms with Crippen LogP contribution in [-0.2, 0) is 114 Å². The van der Waals surface area contributed by atoms with E-state index in [0.717, 1.165) is 0 Å². The minimum atomic E-state index is -4.67. The molecule has 0 saturated carbocycles. The van der Waals surface area contributed by atoms with E-state index in [0.29, 0.717) is 0 Å². The Hall–Kier alpha value is -1.43. The Morgan fingerprint density at radius 2 is 0.109 bits per heavy atom. The second kappa shape index (κ2) is 33.5. The standard InChI is InChI=1S/11H2O4S/c11*1-5(2,3)4/h11*(H2,1,2,3,4). The van der Waals surface area contributed by atoms with Crippen LogP contribution in [0.4, 0.5) is 0 Å². The fourth-order valence-electron chi connectivity index (χ4n) is 0. The van der Waals surface area contributed by atoms with Crippen LogP contribution in [0.3, 0.4) is 0 Å². The summed E-state index contributed by atoms with van der Waals surface area (Å²) in [5.41, 5.74) is 0. The molecule has 55 heteroatoms. The summed E-state index contributed by atoms with van der Waals surface area (Å²) in [5, 5.41) is 0. The molecule has 0 aromatic rings. The predicted octanol–water partition coefficient (Wildman–Crippen LogP) is -7.18. The van der Waals surface area contributed by atoms with Crippen molar-refractivity contribution in [3.05, 3.63) is 0 Å². The fourth-order valence-corrected chi connectivity index (χ4v) is 0. The first-order valence-electron chi connectivity index (χ1n) is 7.68. The second-order valence-electron chi connectivity index (χ2n) is 4.93. The average Bonchev–Trinajstić information content (AvgIpc) is 2.41. The van der Waals surface area contributed by atoms with Gasteiger partial charge < -0.3 is 0 Å². The van der Waals surface area contributed by atoms with Crippen LogP contribution in [0.5, 0.6) is 0 Å². The van der Waals surface area contributed by atoms with Crippen LogP contribution >= 0.6 is 0 Å². The molecule has 0 unspecified atom stereocenters. The highest BCUT2D eigenvalue weighted by Crippen LogP contribution is 1.63. The molecule has 0 fully saturated rings. The first-order valence-corrected chi connectivity index (χ1v) is 23.0. The summed E-state index contributed by atoms with van der Waals surface area (Å²) in [6, 6.07) is 0. The zero-order valence-corrected chi connectivity index (χ0v) is 32.3. The highest BCUT2D eigenvalue weighted by molar-refractivity contribution is 7.82. The van der Waals surface area contributed by atoms with Crippen molar-refractivity contribution in [1.29, 1.82) is 0 Å². The molecule has 55 heavy (non-hydrogen) atoms. The topological polar surface area (TPSA) is 821 Å². The highest BCUT2D eigenvalue weighted by atomic mass is 32.3. The van der Waals surface area contributed by atoms with Crippen LogP contribution < -0.4 is 0 Å². The maximum atomic E-state index is 8.74. The molecule has 0 saturated heterocycles. The summed E-state index contributed by atoms with van der Waals surface area (Å²) in [4.78, 5) is 0. The normalized spacial score (nSPS) is 11.6. The van der Waals surface area contributed by atoms with Crippen molar-refractivity contribution in [3.63, 3.8) is 0 Å². The van der Waals surface area contributed by atoms with Gasteiger partial charge >= 0.3 is 114 Å². The molecule has 0 amide bonds. The summed E-state index contributed by atoms with van der Waals surface area (Å²) in [7, 11) is -51.3. The molecule has 22 N–H and O–H groups in total. The highest BCUT2D eigenvalue weighted by Gasteiger charge is 1.88. The van der Waals surface area contributed by atoms with E-state index in [1.165, 1.54) is 0 Å². The Morgan fingerprint density at radius 3 is 0.109 bits per heavy atom. The zero-order chi connectivity index (χ0) is 49.5. The van der Waals surface area contributed by atoms with E-state index in [1.807, 2.05) is 0 Å². The molecule has 0 rings (SSSR count). The van der Waals surface area contributed by atoms with Gasteiger partial charge in [-0.15, -0.1) is 0 Å². The lowest BCUT2D eigenvalue weighted by Crippen LogP contribution is -1.89. The smallest absolute Gasteiger partial charge is 0.264 e. The molecule has 0 radical (unpaired) electrons. The van der Waals surface area contributed by atoms with Crippen molar-refractivity contribution in [2.24, 2.45) is 0 Å². The molecule has 44 nitrogen and oxygen atoms in total. The number of hydrogen-bond acceptors (Lipinski definition) is 22. The molecular weight excluding hydrogens is 1060 g/mol. The van der Waals surface area contributed by atoms with Gasteiger partial charge in [-0.25, -0.2) is 0 Å². The Balaban J connectivity index is -0.0000000430. The molecule has 0 aliphatic carbocycles. The number of rotatable bonds is 0. The SMILES string of the molecule is O=S(=O)(O)O.O=S(=O)(O)O.O=S(=O)(O)O.O=S(=O)(O)O.O=S(=O)(O)O.O=S(=O)(O)O.O=S(=O)(O)O.O=S(=O)(O)O.O=S(=O)(O)O.O=S(=O)(O)O.O=S(=O)(O)O. The number of hydrogen-bond donors (Lipinski definition) is 22. The van der Waals surface area contributed by atoms with Gasteiger partial charge in [0.15, 0.2) is 0 Å². The van der Waals surface area contributed by atoms with Crippen LogP contribution in [0.2, 0.25) is 0 Å². The molecule has 0 aromatic carbocycles. The third kappa shape index (κ3) is 65700. The Kier molecular flexibility index (Phi) is 49.8. The van der Waals surface area contributed by atoms with E-state index < -0.39 is 114 Å². The van der Waals surface area contributed by atoms with Crippen LogP contribution in [0.1, 0.15) is 0 Å². The van der Waals surface area contributed by atoms with Crippen LogP contribution in [0, 0.1) is 0 Å². The van der Waals surface area contributed by atoms with E-state index in [-0.39, 0.29) is 0 Å². The maximum Gasteiger partial charge on any atom is 0.394 e. The summed E-state index contributed by atoms with van der Waals surface area (Å²) >= 11 is 0. The summed E-state index contributed by atoms with van der Waals surface area (Å²) < 4.78 is 347.